The molecule has 25 heavy (non-hydrogen) atoms. The molecule has 0 bridgehead atoms. The van der Waals surface area contributed by atoms with Crippen LogP contribution in [0.2, 0.25) is 0 Å². The second-order valence-electron chi connectivity index (χ2n) is 5.71. The number of halogens is 1. The average molecular weight is 459 g/mol. The summed E-state index contributed by atoms with van der Waals surface area (Å²) in [7, 11) is 0. The Kier molecular flexibility index (Phi) is 5.39. The van der Waals surface area contributed by atoms with Crippen LogP contribution in [0.5, 0.6) is 5.75 Å². The maximum absolute atomic E-state index is 10.3. The lowest BCUT2D eigenvalue weighted by molar-refractivity contribution is -0.665. The molecule has 4 aromatic rings. The van der Waals surface area contributed by atoms with Crippen molar-refractivity contribution in [2.75, 3.05) is 0 Å². The summed E-state index contributed by atoms with van der Waals surface area (Å²) in [6.45, 7) is 3.08. The lowest BCUT2D eigenvalue weighted by Gasteiger charge is -2.04. The summed E-state index contributed by atoms with van der Waals surface area (Å²) in [6.07, 6.45) is 4.13. The number of nitrogens with zero attached hydrogens (tertiary/aromatic N) is 1. The Labute approximate surface area is 168 Å². The fourth-order valence-corrected chi connectivity index (χ4v) is 4.25. The molecule has 0 amide bonds. The van der Waals surface area contributed by atoms with Gasteiger partial charge in [0.05, 0.1) is 0 Å². The van der Waals surface area contributed by atoms with E-state index in [1.165, 1.54) is 15.2 Å². The molecule has 0 atom stereocenters. The van der Waals surface area contributed by atoms with Crippen LogP contribution in [0, 0.1) is 0 Å². The molecule has 0 aliphatic heterocycles. The second-order valence-corrected chi connectivity index (χ2v) is 6.77. The van der Waals surface area contributed by atoms with E-state index in [9.17, 15) is 5.11 Å². The summed E-state index contributed by atoms with van der Waals surface area (Å²) in [5.74, 6) is 0.314. The zero-order valence-corrected chi connectivity index (χ0v) is 16.8. The van der Waals surface area contributed by atoms with Crippen LogP contribution >= 0.6 is 11.3 Å². The molecule has 4 heteroatoms. The van der Waals surface area contributed by atoms with Crippen LogP contribution in [-0.2, 0) is 6.54 Å². The van der Waals surface area contributed by atoms with Crippen molar-refractivity contribution in [1.82, 2.24) is 0 Å². The molecule has 2 nitrogen and oxygen atoms in total. The molecule has 126 valence electrons. The summed E-state index contributed by atoms with van der Waals surface area (Å²) < 4.78 is 3.58. The Morgan fingerprint density at radius 1 is 0.960 bits per heavy atom. The van der Waals surface area contributed by atoms with Gasteiger partial charge in [0, 0.05) is 17.7 Å². The molecule has 1 N–H and O–H groups in total. The third-order valence-corrected chi connectivity index (χ3v) is 5.42. The molecule has 0 aliphatic carbocycles. The number of aryl methyl sites for hydroxylation is 1. The molecule has 0 saturated heterocycles. The Balaban J connectivity index is 0.00000182. The standard InChI is InChI=1S/C21H17NOS.HI/c1-2-22-18-9-5-6-10-20(18)24-21(22)14-12-17-16-8-4-3-7-15(16)11-13-19(17)23;/h3-14H,2H2,1H3;1H. The number of aromatic nitrogens is 1. The molecule has 0 saturated carbocycles. The Morgan fingerprint density at radius 3 is 2.56 bits per heavy atom. The summed E-state index contributed by atoms with van der Waals surface area (Å²) >= 11 is 1.77. The predicted octanol–water partition coefficient (Wildman–Crippen LogP) is 2.24. The monoisotopic (exact) mass is 459 g/mol. The SMILES string of the molecule is CC[n+]1c(/C=C/c2c(O)ccc3ccccc23)sc2ccccc21.[I-]. The van der Waals surface area contributed by atoms with Crippen LogP contribution in [0.25, 0.3) is 33.1 Å². The lowest BCUT2D eigenvalue weighted by atomic mass is 10.0. The van der Waals surface area contributed by atoms with Crippen molar-refractivity contribution < 1.29 is 33.7 Å². The summed E-state index contributed by atoms with van der Waals surface area (Å²) in [4.78, 5) is 0. The van der Waals surface area contributed by atoms with Gasteiger partial charge in [0.15, 0.2) is 0 Å². The van der Waals surface area contributed by atoms with Crippen LogP contribution in [0.15, 0.2) is 60.7 Å². The van der Waals surface area contributed by atoms with Crippen LogP contribution in [0.4, 0.5) is 0 Å². The van der Waals surface area contributed by atoms with E-state index in [1.807, 2.05) is 30.3 Å². The highest BCUT2D eigenvalue weighted by atomic mass is 127. The van der Waals surface area contributed by atoms with Gasteiger partial charge in [-0.2, -0.15) is 4.57 Å². The number of hydrogen-bond donors (Lipinski definition) is 1. The van der Waals surface area contributed by atoms with Gasteiger partial charge in [0.25, 0.3) is 5.01 Å². The third kappa shape index (κ3) is 3.28. The van der Waals surface area contributed by atoms with Gasteiger partial charge in [-0.05, 0) is 35.9 Å². The topological polar surface area (TPSA) is 24.1 Å². The van der Waals surface area contributed by atoms with Gasteiger partial charge in [0.1, 0.15) is 17.0 Å². The number of phenolic OH excluding ortho intramolecular Hbond substituents is 1. The second kappa shape index (κ2) is 7.54. The minimum absolute atomic E-state index is 0. The molecular formula is C21H18INOS. The molecule has 0 fully saturated rings. The minimum atomic E-state index is 0. The third-order valence-electron chi connectivity index (χ3n) is 4.29. The van der Waals surface area contributed by atoms with Gasteiger partial charge in [-0.3, -0.25) is 0 Å². The Morgan fingerprint density at radius 2 is 1.72 bits per heavy atom. The fourth-order valence-electron chi connectivity index (χ4n) is 3.12. The first kappa shape index (κ1) is 17.9. The summed E-state index contributed by atoms with van der Waals surface area (Å²) in [5, 5.41) is 13.7. The highest BCUT2D eigenvalue weighted by Crippen LogP contribution is 2.29. The van der Waals surface area contributed by atoms with Crippen LogP contribution in [-0.4, -0.2) is 5.11 Å². The molecule has 1 heterocycles. The van der Waals surface area contributed by atoms with Crippen molar-refractivity contribution in [1.29, 1.82) is 0 Å². The zero-order valence-electron chi connectivity index (χ0n) is 13.8. The number of fused-ring (bicyclic) bond motifs is 2. The van der Waals surface area contributed by atoms with Crippen molar-refractivity contribution in [2.24, 2.45) is 0 Å². The molecule has 4 rings (SSSR count). The van der Waals surface area contributed by atoms with E-state index < -0.39 is 0 Å². The van der Waals surface area contributed by atoms with E-state index in [0.29, 0.717) is 5.75 Å². The van der Waals surface area contributed by atoms with Gasteiger partial charge in [-0.15, -0.1) is 0 Å². The number of benzene rings is 3. The summed E-state index contributed by atoms with van der Waals surface area (Å²) in [6, 6.07) is 20.3. The molecular weight excluding hydrogens is 441 g/mol. The first-order chi connectivity index (χ1) is 11.8. The number of rotatable bonds is 3. The normalized spacial score (nSPS) is 11.2. The molecule has 0 unspecified atom stereocenters. The van der Waals surface area contributed by atoms with E-state index in [4.69, 9.17) is 0 Å². The molecule has 0 aliphatic rings. The number of hydrogen-bond acceptors (Lipinski definition) is 2. The number of para-hydroxylation sites is 1. The number of aromatic hydroxyl groups is 1. The maximum Gasteiger partial charge on any atom is 0.262 e. The predicted molar refractivity (Wildman–Crippen MR) is 102 cm³/mol. The van der Waals surface area contributed by atoms with Crippen LogP contribution in [0.3, 0.4) is 0 Å². The van der Waals surface area contributed by atoms with Crippen molar-refractivity contribution in [3.05, 3.63) is 71.2 Å². The zero-order chi connectivity index (χ0) is 16.5. The van der Waals surface area contributed by atoms with Crippen molar-refractivity contribution in [3.8, 4) is 5.75 Å². The van der Waals surface area contributed by atoms with Crippen LogP contribution in [0.1, 0.15) is 17.5 Å². The van der Waals surface area contributed by atoms with Gasteiger partial charge >= 0.3 is 0 Å². The van der Waals surface area contributed by atoms with Gasteiger partial charge in [-0.25, -0.2) is 0 Å². The van der Waals surface area contributed by atoms with Crippen molar-refractivity contribution in [3.63, 3.8) is 0 Å². The first-order valence-corrected chi connectivity index (χ1v) is 8.89. The Hall–Kier alpha value is -1.92. The fraction of sp³-hybridized carbons (Fsp3) is 0.0952. The first-order valence-electron chi connectivity index (χ1n) is 8.08. The van der Waals surface area contributed by atoms with Gasteiger partial charge < -0.3 is 29.1 Å². The van der Waals surface area contributed by atoms with E-state index in [0.717, 1.165) is 22.9 Å². The molecule has 3 aromatic carbocycles. The maximum atomic E-state index is 10.3. The average Bonchev–Trinajstić information content (AvgIpc) is 2.98. The highest BCUT2D eigenvalue weighted by Gasteiger charge is 2.16. The minimum Gasteiger partial charge on any atom is -1.00 e. The largest absolute Gasteiger partial charge is 1.00 e. The lowest BCUT2D eigenvalue weighted by Crippen LogP contribution is -3.00. The Bertz CT molecular complexity index is 1070. The van der Waals surface area contributed by atoms with E-state index >= 15 is 0 Å². The quantitative estimate of drug-likeness (QED) is 0.369. The van der Waals surface area contributed by atoms with E-state index in [1.54, 1.807) is 17.4 Å². The molecule has 1 aromatic heterocycles. The number of phenols is 1. The summed E-state index contributed by atoms with van der Waals surface area (Å²) in [5.41, 5.74) is 2.13. The highest BCUT2D eigenvalue weighted by molar-refractivity contribution is 7.18. The van der Waals surface area contributed by atoms with Crippen molar-refractivity contribution in [2.45, 2.75) is 13.5 Å². The van der Waals surface area contributed by atoms with E-state index in [2.05, 4.69) is 47.9 Å². The molecule has 0 spiro atoms. The van der Waals surface area contributed by atoms with Crippen LogP contribution < -0.4 is 28.5 Å². The van der Waals surface area contributed by atoms with E-state index in [-0.39, 0.29) is 24.0 Å². The molecule has 0 radical (unpaired) electrons. The van der Waals surface area contributed by atoms with Gasteiger partial charge in [-0.1, -0.05) is 53.8 Å². The van der Waals surface area contributed by atoms with Gasteiger partial charge in [0.2, 0.25) is 5.52 Å². The number of thiazole rings is 1. The smallest absolute Gasteiger partial charge is 0.262 e. The van der Waals surface area contributed by atoms with Crippen molar-refractivity contribution >= 4 is 44.5 Å².